The number of halogens is 3. The predicted octanol–water partition coefficient (Wildman–Crippen LogP) is 3.33. The SMILES string of the molecule is C[C@@H](C#N)c1cccc(C(F)(F)F)c1. The maximum absolute atomic E-state index is 12.3. The second-order valence-corrected chi connectivity index (χ2v) is 2.97. The molecule has 1 nitrogen and oxygen atoms in total. The van der Waals surface area contributed by atoms with Crippen molar-refractivity contribution in [3.05, 3.63) is 35.4 Å². The molecule has 0 fully saturated rings. The highest BCUT2D eigenvalue weighted by Crippen LogP contribution is 2.30. The van der Waals surface area contributed by atoms with Gasteiger partial charge >= 0.3 is 6.18 Å². The van der Waals surface area contributed by atoms with Crippen molar-refractivity contribution in [3.63, 3.8) is 0 Å². The molecule has 1 atom stereocenters. The van der Waals surface area contributed by atoms with E-state index >= 15 is 0 Å². The van der Waals surface area contributed by atoms with Crippen LogP contribution >= 0.6 is 0 Å². The Kier molecular flexibility index (Phi) is 2.80. The molecule has 0 amide bonds. The number of nitriles is 1. The van der Waals surface area contributed by atoms with Crippen molar-refractivity contribution in [1.82, 2.24) is 0 Å². The molecule has 0 unspecified atom stereocenters. The maximum atomic E-state index is 12.3. The zero-order chi connectivity index (χ0) is 10.8. The van der Waals surface area contributed by atoms with Gasteiger partial charge in [0.25, 0.3) is 0 Å². The summed E-state index contributed by atoms with van der Waals surface area (Å²) in [5, 5.41) is 8.55. The Bertz CT molecular complexity index is 362. The van der Waals surface area contributed by atoms with Crippen molar-refractivity contribution >= 4 is 0 Å². The normalized spacial score (nSPS) is 13.4. The fourth-order valence-electron chi connectivity index (χ4n) is 1.06. The Morgan fingerprint density at radius 3 is 2.50 bits per heavy atom. The molecule has 1 aromatic rings. The summed E-state index contributed by atoms with van der Waals surface area (Å²) >= 11 is 0. The monoisotopic (exact) mass is 199 g/mol. The molecule has 0 aliphatic heterocycles. The van der Waals surface area contributed by atoms with Gasteiger partial charge in [-0.2, -0.15) is 18.4 Å². The lowest BCUT2D eigenvalue weighted by atomic mass is 10.0. The number of rotatable bonds is 1. The molecule has 0 bridgehead atoms. The van der Waals surface area contributed by atoms with Crippen molar-refractivity contribution in [2.45, 2.75) is 19.0 Å². The summed E-state index contributed by atoms with van der Waals surface area (Å²) in [5.74, 6) is -0.516. The molecule has 74 valence electrons. The second-order valence-electron chi connectivity index (χ2n) is 2.97. The zero-order valence-electron chi connectivity index (χ0n) is 7.47. The van der Waals surface area contributed by atoms with Gasteiger partial charge < -0.3 is 0 Å². The second kappa shape index (κ2) is 3.70. The largest absolute Gasteiger partial charge is 0.416 e. The minimum absolute atomic E-state index is 0.391. The molecule has 0 aliphatic rings. The summed E-state index contributed by atoms with van der Waals surface area (Å²) in [6, 6.07) is 6.72. The Morgan fingerprint density at radius 2 is 2.00 bits per heavy atom. The molecule has 0 saturated carbocycles. The van der Waals surface area contributed by atoms with E-state index in [4.69, 9.17) is 5.26 Å². The summed E-state index contributed by atoms with van der Waals surface area (Å²) in [6.45, 7) is 1.56. The minimum atomic E-state index is -4.34. The molecule has 0 N–H and O–H groups in total. The third-order valence-corrected chi connectivity index (χ3v) is 1.91. The van der Waals surface area contributed by atoms with E-state index in [-0.39, 0.29) is 0 Å². The van der Waals surface area contributed by atoms with Crippen LogP contribution in [0.15, 0.2) is 24.3 Å². The highest BCUT2D eigenvalue weighted by atomic mass is 19.4. The number of alkyl halides is 3. The van der Waals surface area contributed by atoms with Crippen LogP contribution in [-0.4, -0.2) is 0 Å². The number of hydrogen-bond donors (Lipinski definition) is 0. The van der Waals surface area contributed by atoms with Gasteiger partial charge in [-0.15, -0.1) is 0 Å². The maximum Gasteiger partial charge on any atom is 0.416 e. The highest BCUT2D eigenvalue weighted by molar-refractivity contribution is 5.30. The van der Waals surface area contributed by atoms with Crippen LogP contribution in [0.5, 0.6) is 0 Å². The summed E-state index contributed by atoms with van der Waals surface area (Å²) < 4.78 is 36.8. The third kappa shape index (κ3) is 2.25. The van der Waals surface area contributed by atoms with Crippen LogP contribution in [0.3, 0.4) is 0 Å². The fraction of sp³-hybridized carbons (Fsp3) is 0.300. The molecular formula is C10H8F3N. The molecule has 0 spiro atoms. The number of nitrogens with zero attached hydrogens (tertiary/aromatic N) is 1. The van der Waals surface area contributed by atoms with Crippen molar-refractivity contribution in [1.29, 1.82) is 5.26 Å². The lowest BCUT2D eigenvalue weighted by Gasteiger charge is -2.09. The van der Waals surface area contributed by atoms with Crippen LogP contribution in [0.25, 0.3) is 0 Å². The molecule has 0 heterocycles. The molecule has 14 heavy (non-hydrogen) atoms. The molecule has 0 aliphatic carbocycles. The van der Waals surface area contributed by atoms with Gasteiger partial charge in [-0.1, -0.05) is 18.2 Å². The first-order valence-electron chi connectivity index (χ1n) is 4.02. The summed E-state index contributed by atoms with van der Waals surface area (Å²) in [4.78, 5) is 0. The fourth-order valence-corrected chi connectivity index (χ4v) is 1.06. The van der Waals surface area contributed by atoms with Gasteiger partial charge in [0.2, 0.25) is 0 Å². The van der Waals surface area contributed by atoms with Gasteiger partial charge in [0, 0.05) is 0 Å². The first kappa shape index (κ1) is 10.6. The van der Waals surface area contributed by atoms with Crippen LogP contribution in [0, 0.1) is 11.3 Å². The highest BCUT2D eigenvalue weighted by Gasteiger charge is 2.30. The van der Waals surface area contributed by atoms with Gasteiger partial charge in [-0.25, -0.2) is 0 Å². The van der Waals surface area contributed by atoms with Gasteiger partial charge in [0.1, 0.15) is 0 Å². The summed E-state index contributed by atoms with van der Waals surface area (Å²) in [7, 11) is 0. The van der Waals surface area contributed by atoms with E-state index in [1.54, 1.807) is 6.92 Å². The van der Waals surface area contributed by atoms with Crippen molar-refractivity contribution in [2.75, 3.05) is 0 Å². The molecule has 0 aromatic heterocycles. The number of hydrogen-bond acceptors (Lipinski definition) is 1. The Hall–Kier alpha value is -1.50. The first-order chi connectivity index (χ1) is 6.45. The topological polar surface area (TPSA) is 23.8 Å². The van der Waals surface area contributed by atoms with Gasteiger partial charge in [-0.05, 0) is 18.6 Å². The predicted molar refractivity (Wildman–Crippen MR) is 45.5 cm³/mol. The number of benzene rings is 1. The summed E-state index contributed by atoms with van der Waals surface area (Å²) in [6.07, 6.45) is -4.34. The Balaban J connectivity index is 3.09. The molecular weight excluding hydrogens is 191 g/mol. The minimum Gasteiger partial charge on any atom is -0.198 e. The molecule has 4 heteroatoms. The van der Waals surface area contributed by atoms with Gasteiger partial charge in [0.15, 0.2) is 0 Å². The summed E-state index contributed by atoms with van der Waals surface area (Å²) in [5.41, 5.74) is -0.320. The lowest BCUT2D eigenvalue weighted by molar-refractivity contribution is -0.137. The van der Waals surface area contributed by atoms with E-state index in [0.29, 0.717) is 5.56 Å². The van der Waals surface area contributed by atoms with E-state index in [9.17, 15) is 13.2 Å². The lowest BCUT2D eigenvalue weighted by Crippen LogP contribution is -2.05. The van der Waals surface area contributed by atoms with Gasteiger partial charge in [0.05, 0.1) is 17.6 Å². The van der Waals surface area contributed by atoms with E-state index in [2.05, 4.69) is 0 Å². The standard InChI is InChI=1S/C10H8F3N/c1-7(6-14)8-3-2-4-9(5-8)10(11,12)13/h2-5,7H,1H3/t7-/m0/s1. The Morgan fingerprint density at radius 1 is 1.36 bits per heavy atom. The van der Waals surface area contributed by atoms with Crippen LogP contribution in [0.1, 0.15) is 24.0 Å². The van der Waals surface area contributed by atoms with Gasteiger partial charge in [-0.3, -0.25) is 0 Å². The molecule has 0 saturated heterocycles. The Labute approximate surface area is 79.8 Å². The van der Waals surface area contributed by atoms with Crippen LogP contribution in [-0.2, 0) is 6.18 Å². The van der Waals surface area contributed by atoms with E-state index in [1.165, 1.54) is 12.1 Å². The smallest absolute Gasteiger partial charge is 0.198 e. The van der Waals surface area contributed by atoms with Crippen molar-refractivity contribution in [2.24, 2.45) is 0 Å². The molecule has 0 radical (unpaired) electrons. The first-order valence-corrected chi connectivity index (χ1v) is 4.02. The molecule has 1 aromatic carbocycles. The third-order valence-electron chi connectivity index (χ3n) is 1.91. The van der Waals surface area contributed by atoms with Crippen LogP contribution in [0.2, 0.25) is 0 Å². The average Bonchev–Trinajstić information content (AvgIpc) is 2.15. The van der Waals surface area contributed by atoms with Crippen molar-refractivity contribution < 1.29 is 13.2 Å². The quantitative estimate of drug-likeness (QED) is 0.680. The molecule has 1 rings (SSSR count). The average molecular weight is 199 g/mol. The van der Waals surface area contributed by atoms with Crippen LogP contribution in [0.4, 0.5) is 13.2 Å². The van der Waals surface area contributed by atoms with Crippen LogP contribution < -0.4 is 0 Å². The van der Waals surface area contributed by atoms with E-state index in [0.717, 1.165) is 12.1 Å². The van der Waals surface area contributed by atoms with Crippen molar-refractivity contribution in [3.8, 4) is 6.07 Å². The zero-order valence-corrected chi connectivity index (χ0v) is 7.47. The van der Waals surface area contributed by atoms with E-state index < -0.39 is 17.7 Å². The van der Waals surface area contributed by atoms with E-state index in [1.807, 2.05) is 6.07 Å².